The number of aromatic hydroxyl groups is 1. The SMILES string of the molecule is CN(C)C1=CCC(Nc2ccc(O)cc2S(=O)O)C=C1. The Bertz CT molecular complexity index is 582. The molecule has 0 saturated heterocycles. The van der Waals surface area contributed by atoms with Gasteiger partial charge in [0, 0.05) is 31.9 Å². The summed E-state index contributed by atoms with van der Waals surface area (Å²) in [6.07, 6.45) is 6.93. The first-order valence-corrected chi connectivity index (χ1v) is 7.34. The lowest BCUT2D eigenvalue weighted by Crippen LogP contribution is -2.21. The van der Waals surface area contributed by atoms with Gasteiger partial charge in [-0.25, -0.2) is 4.21 Å². The largest absolute Gasteiger partial charge is 0.508 e. The van der Waals surface area contributed by atoms with E-state index in [1.54, 1.807) is 6.07 Å². The Morgan fingerprint density at radius 2 is 2.15 bits per heavy atom. The molecule has 0 aromatic heterocycles. The quantitative estimate of drug-likeness (QED) is 0.586. The van der Waals surface area contributed by atoms with Crippen LogP contribution in [0.4, 0.5) is 5.69 Å². The van der Waals surface area contributed by atoms with Crippen LogP contribution in [-0.4, -0.2) is 38.9 Å². The van der Waals surface area contributed by atoms with Crippen molar-refractivity contribution >= 4 is 16.8 Å². The van der Waals surface area contributed by atoms with Crippen molar-refractivity contribution in [2.75, 3.05) is 19.4 Å². The molecule has 1 aromatic rings. The second-order valence-electron chi connectivity index (χ2n) is 4.80. The van der Waals surface area contributed by atoms with Crippen molar-refractivity contribution in [3.63, 3.8) is 0 Å². The fraction of sp³-hybridized carbons (Fsp3) is 0.286. The van der Waals surface area contributed by atoms with Crippen LogP contribution in [0.15, 0.2) is 47.0 Å². The number of hydrogen-bond donors (Lipinski definition) is 3. The molecular formula is C14H18N2O3S. The average molecular weight is 294 g/mol. The normalized spacial score (nSPS) is 19.4. The second kappa shape index (κ2) is 6.11. The number of hydrogen-bond acceptors (Lipinski definition) is 4. The van der Waals surface area contributed by atoms with E-state index in [0.717, 1.165) is 12.1 Å². The van der Waals surface area contributed by atoms with Gasteiger partial charge in [-0.2, -0.15) is 0 Å². The third-order valence-corrected chi connectivity index (χ3v) is 3.80. The number of anilines is 1. The fourth-order valence-corrected chi connectivity index (χ4v) is 2.56. The molecule has 0 amide bonds. The van der Waals surface area contributed by atoms with Crippen LogP contribution in [-0.2, 0) is 11.1 Å². The highest BCUT2D eigenvalue weighted by Gasteiger charge is 2.14. The van der Waals surface area contributed by atoms with Gasteiger partial charge in [0.25, 0.3) is 0 Å². The van der Waals surface area contributed by atoms with Gasteiger partial charge in [0.2, 0.25) is 0 Å². The van der Waals surface area contributed by atoms with E-state index in [1.807, 2.05) is 31.1 Å². The molecule has 0 fully saturated rings. The number of nitrogens with one attached hydrogen (secondary N) is 1. The molecule has 2 rings (SSSR count). The minimum atomic E-state index is -2.14. The Morgan fingerprint density at radius 1 is 1.40 bits per heavy atom. The Labute approximate surface area is 120 Å². The summed E-state index contributed by atoms with van der Waals surface area (Å²) < 4.78 is 20.5. The summed E-state index contributed by atoms with van der Waals surface area (Å²) in [6, 6.07) is 4.46. The van der Waals surface area contributed by atoms with Gasteiger partial charge in [0.15, 0.2) is 11.1 Å². The van der Waals surface area contributed by atoms with Crippen LogP contribution in [0.25, 0.3) is 0 Å². The predicted octanol–water partition coefficient (Wildman–Crippen LogP) is 2.16. The molecule has 3 N–H and O–H groups in total. The van der Waals surface area contributed by atoms with Crippen molar-refractivity contribution in [1.82, 2.24) is 4.90 Å². The zero-order valence-electron chi connectivity index (χ0n) is 11.4. The monoisotopic (exact) mass is 294 g/mol. The summed E-state index contributed by atoms with van der Waals surface area (Å²) in [6.45, 7) is 0. The second-order valence-corrected chi connectivity index (χ2v) is 5.74. The highest BCUT2D eigenvalue weighted by atomic mass is 32.2. The molecule has 0 bridgehead atoms. The van der Waals surface area contributed by atoms with Crippen LogP contribution >= 0.6 is 0 Å². The Balaban J connectivity index is 2.13. The lowest BCUT2D eigenvalue weighted by molar-refractivity contribution is 0.473. The standard InChI is InChI=1S/C14H18N2O3S/c1-16(2)11-5-3-10(4-6-11)15-13-8-7-12(17)9-14(13)20(18)19/h3,5-10,15,17H,4H2,1-2H3,(H,18,19). The van der Waals surface area contributed by atoms with E-state index in [2.05, 4.69) is 11.4 Å². The maximum absolute atomic E-state index is 11.3. The van der Waals surface area contributed by atoms with Crippen LogP contribution < -0.4 is 5.32 Å². The fourth-order valence-electron chi connectivity index (χ4n) is 2.02. The minimum Gasteiger partial charge on any atom is -0.508 e. The van der Waals surface area contributed by atoms with Gasteiger partial charge in [0.05, 0.1) is 10.6 Å². The van der Waals surface area contributed by atoms with E-state index in [1.165, 1.54) is 12.1 Å². The lowest BCUT2D eigenvalue weighted by Gasteiger charge is -2.23. The van der Waals surface area contributed by atoms with Gasteiger partial charge in [0.1, 0.15) is 5.75 Å². The van der Waals surface area contributed by atoms with Gasteiger partial charge in [-0.15, -0.1) is 0 Å². The molecule has 108 valence electrons. The molecule has 2 atom stereocenters. The van der Waals surface area contributed by atoms with Crippen molar-refractivity contribution in [2.24, 2.45) is 0 Å². The minimum absolute atomic E-state index is 0.0260. The molecule has 5 nitrogen and oxygen atoms in total. The maximum atomic E-state index is 11.3. The van der Waals surface area contributed by atoms with Crippen LogP contribution in [0.1, 0.15) is 6.42 Å². The molecule has 0 saturated carbocycles. The number of phenolic OH excluding ortho intramolecular Hbond substituents is 1. The summed E-state index contributed by atoms with van der Waals surface area (Å²) in [4.78, 5) is 2.21. The molecule has 0 aliphatic heterocycles. The van der Waals surface area contributed by atoms with Crippen molar-refractivity contribution < 1.29 is 13.9 Å². The van der Waals surface area contributed by atoms with Crippen LogP contribution in [0.5, 0.6) is 5.75 Å². The van der Waals surface area contributed by atoms with Crippen molar-refractivity contribution in [2.45, 2.75) is 17.4 Å². The van der Waals surface area contributed by atoms with Crippen LogP contribution in [0, 0.1) is 0 Å². The van der Waals surface area contributed by atoms with Gasteiger partial charge < -0.3 is 19.9 Å². The molecule has 20 heavy (non-hydrogen) atoms. The van der Waals surface area contributed by atoms with Crippen LogP contribution in [0.2, 0.25) is 0 Å². The number of likely N-dealkylation sites (N-methyl/N-ethyl adjacent to an activating group) is 1. The highest BCUT2D eigenvalue weighted by molar-refractivity contribution is 7.79. The predicted molar refractivity (Wildman–Crippen MR) is 80.1 cm³/mol. The summed E-state index contributed by atoms with van der Waals surface area (Å²) in [5, 5.41) is 12.6. The zero-order valence-corrected chi connectivity index (χ0v) is 12.2. The molecule has 0 radical (unpaired) electrons. The number of rotatable bonds is 4. The molecule has 2 unspecified atom stereocenters. The van der Waals surface area contributed by atoms with E-state index in [-0.39, 0.29) is 16.7 Å². The number of nitrogens with zero attached hydrogens (tertiary/aromatic N) is 1. The summed E-state index contributed by atoms with van der Waals surface area (Å²) in [5.74, 6) is -0.0260. The van der Waals surface area contributed by atoms with Gasteiger partial charge in [-0.1, -0.05) is 12.2 Å². The molecule has 0 heterocycles. The first-order valence-electron chi connectivity index (χ1n) is 6.23. The highest BCUT2D eigenvalue weighted by Crippen LogP contribution is 2.26. The average Bonchev–Trinajstić information content (AvgIpc) is 2.41. The molecule has 1 aromatic carbocycles. The van der Waals surface area contributed by atoms with Gasteiger partial charge >= 0.3 is 0 Å². The van der Waals surface area contributed by atoms with E-state index in [4.69, 9.17) is 0 Å². The number of allylic oxidation sites excluding steroid dienone is 1. The van der Waals surface area contributed by atoms with Crippen LogP contribution in [0.3, 0.4) is 0 Å². The maximum Gasteiger partial charge on any atom is 0.188 e. The summed E-state index contributed by atoms with van der Waals surface area (Å²) in [7, 11) is 3.97. The van der Waals surface area contributed by atoms with Crippen molar-refractivity contribution in [1.29, 1.82) is 0 Å². The topological polar surface area (TPSA) is 72.8 Å². The number of benzene rings is 1. The van der Waals surface area contributed by atoms with E-state index >= 15 is 0 Å². The van der Waals surface area contributed by atoms with Gasteiger partial charge in [-0.05, 0) is 24.6 Å². The molecule has 6 heteroatoms. The summed E-state index contributed by atoms with van der Waals surface area (Å²) in [5.41, 5.74) is 1.69. The molecule has 1 aliphatic carbocycles. The smallest absolute Gasteiger partial charge is 0.188 e. The first-order chi connectivity index (χ1) is 9.47. The van der Waals surface area contributed by atoms with Gasteiger partial charge in [-0.3, -0.25) is 0 Å². The third-order valence-electron chi connectivity index (χ3n) is 3.09. The molecular weight excluding hydrogens is 276 g/mol. The molecule has 0 spiro atoms. The van der Waals surface area contributed by atoms with Crippen molar-refractivity contribution in [3.8, 4) is 5.75 Å². The third kappa shape index (κ3) is 3.40. The van der Waals surface area contributed by atoms with E-state index in [0.29, 0.717) is 5.69 Å². The number of phenols is 1. The Morgan fingerprint density at radius 3 is 2.70 bits per heavy atom. The Kier molecular flexibility index (Phi) is 4.46. The Hall–Kier alpha value is -1.79. The lowest BCUT2D eigenvalue weighted by atomic mass is 10.1. The molecule has 1 aliphatic rings. The zero-order chi connectivity index (χ0) is 14.7. The summed E-state index contributed by atoms with van der Waals surface area (Å²) >= 11 is -2.14. The van der Waals surface area contributed by atoms with E-state index < -0.39 is 11.1 Å². The van der Waals surface area contributed by atoms with Crippen molar-refractivity contribution in [3.05, 3.63) is 42.1 Å². The van der Waals surface area contributed by atoms with E-state index in [9.17, 15) is 13.9 Å². The first kappa shape index (κ1) is 14.6.